The summed E-state index contributed by atoms with van der Waals surface area (Å²) in [5.41, 5.74) is 7.45. The molecule has 0 atom stereocenters. The van der Waals surface area contributed by atoms with Crippen LogP contribution in [0.25, 0.3) is 0 Å². The quantitative estimate of drug-likeness (QED) is 0.668. The molecule has 5 nitrogen and oxygen atoms in total. The number of hydrogen-bond donors (Lipinski definition) is 2. The Hall–Kier alpha value is -2.39. The fourth-order valence-corrected chi connectivity index (χ4v) is 2.53. The number of nitrogens with zero attached hydrogens (tertiary/aromatic N) is 1. The number of rotatable bonds is 4. The molecule has 21 heavy (non-hydrogen) atoms. The first-order valence-electron chi connectivity index (χ1n) is 6.29. The predicted octanol–water partition coefficient (Wildman–Crippen LogP) is 3.08. The lowest BCUT2D eigenvalue weighted by atomic mass is 10.2. The first-order valence-corrected chi connectivity index (χ1v) is 7.28. The Bertz CT molecular complexity index is 716. The highest BCUT2D eigenvalue weighted by molar-refractivity contribution is 8.00. The minimum Gasteiger partial charge on any atom is -0.444 e. The standard InChI is InChI=1S/C15H15N3O2S/c1-9-10(2)20-15(13(9)7-16)18-14(19)8-21-12-5-3-4-11(17)6-12/h3-6H,8,17H2,1-2H3,(H,18,19). The van der Waals surface area contributed by atoms with Gasteiger partial charge >= 0.3 is 0 Å². The number of nitrogen functional groups attached to an aromatic ring is 1. The number of nitriles is 1. The van der Waals surface area contributed by atoms with Crippen molar-refractivity contribution in [3.8, 4) is 6.07 Å². The van der Waals surface area contributed by atoms with Crippen LogP contribution in [0.15, 0.2) is 33.6 Å². The second-order valence-corrected chi connectivity index (χ2v) is 5.56. The molecule has 0 aliphatic carbocycles. The van der Waals surface area contributed by atoms with E-state index in [4.69, 9.17) is 15.4 Å². The highest BCUT2D eigenvalue weighted by Crippen LogP contribution is 2.26. The third-order valence-corrected chi connectivity index (χ3v) is 3.97. The summed E-state index contributed by atoms with van der Waals surface area (Å²) in [6.45, 7) is 3.54. The van der Waals surface area contributed by atoms with E-state index in [1.807, 2.05) is 18.2 Å². The van der Waals surface area contributed by atoms with Crippen LogP contribution in [0, 0.1) is 25.2 Å². The van der Waals surface area contributed by atoms with Crippen molar-refractivity contribution in [2.75, 3.05) is 16.8 Å². The zero-order chi connectivity index (χ0) is 15.4. The monoisotopic (exact) mass is 301 g/mol. The number of aryl methyl sites for hydroxylation is 1. The van der Waals surface area contributed by atoms with Crippen LogP contribution in [0.1, 0.15) is 16.9 Å². The summed E-state index contributed by atoms with van der Waals surface area (Å²) in [6, 6.07) is 9.36. The van der Waals surface area contributed by atoms with Gasteiger partial charge in [0, 0.05) is 16.1 Å². The molecule has 1 heterocycles. The topological polar surface area (TPSA) is 92.1 Å². The molecule has 0 unspecified atom stereocenters. The number of anilines is 2. The van der Waals surface area contributed by atoms with Crippen LogP contribution in [-0.4, -0.2) is 11.7 Å². The Balaban J connectivity index is 2.00. The number of amides is 1. The number of carbonyl (C=O) groups is 1. The van der Waals surface area contributed by atoms with Crippen molar-refractivity contribution in [3.05, 3.63) is 41.2 Å². The zero-order valence-electron chi connectivity index (χ0n) is 11.8. The number of benzene rings is 1. The number of furan rings is 1. The smallest absolute Gasteiger partial charge is 0.237 e. The number of carbonyl (C=O) groups excluding carboxylic acids is 1. The van der Waals surface area contributed by atoms with Gasteiger partial charge < -0.3 is 10.2 Å². The van der Waals surface area contributed by atoms with Crippen LogP contribution in [0.2, 0.25) is 0 Å². The van der Waals surface area contributed by atoms with Crippen molar-refractivity contribution in [2.24, 2.45) is 0 Å². The predicted molar refractivity (Wildman–Crippen MR) is 83.1 cm³/mol. The molecule has 1 amide bonds. The molecule has 2 rings (SSSR count). The lowest BCUT2D eigenvalue weighted by Crippen LogP contribution is -2.14. The van der Waals surface area contributed by atoms with Crippen LogP contribution in [0.4, 0.5) is 11.6 Å². The molecular weight excluding hydrogens is 286 g/mol. The molecule has 1 aromatic carbocycles. The van der Waals surface area contributed by atoms with Crippen molar-refractivity contribution >= 4 is 29.2 Å². The molecule has 0 spiro atoms. The summed E-state index contributed by atoms with van der Waals surface area (Å²) in [6.07, 6.45) is 0. The molecular formula is C15H15N3O2S. The van der Waals surface area contributed by atoms with Gasteiger partial charge in [-0.05, 0) is 32.0 Å². The number of hydrogen-bond acceptors (Lipinski definition) is 5. The molecule has 0 saturated heterocycles. The van der Waals surface area contributed by atoms with Crippen molar-refractivity contribution < 1.29 is 9.21 Å². The average Bonchev–Trinajstić information content (AvgIpc) is 2.71. The van der Waals surface area contributed by atoms with Gasteiger partial charge in [-0.15, -0.1) is 11.8 Å². The van der Waals surface area contributed by atoms with E-state index in [1.54, 1.807) is 26.0 Å². The van der Waals surface area contributed by atoms with Crippen LogP contribution in [0.3, 0.4) is 0 Å². The Morgan fingerprint density at radius 2 is 2.24 bits per heavy atom. The van der Waals surface area contributed by atoms with E-state index in [2.05, 4.69) is 5.32 Å². The fraction of sp³-hybridized carbons (Fsp3) is 0.200. The molecule has 2 aromatic rings. The summed E-state index contributed by atoms with van der Waals surface area (Å²) in [5, 5.41) is 11.7. The molecule has 0 aliphatic rings. The van der Waals surface area contributed by atoms with E-state index >= 15 is 0 Å². The van der Waals surface area contributed by atoms with Crippen molar-refractivity contribution in [1.29, 1.82) is 5.26 Å². The third kappa shape index (κ3) is 3.58. The Labute approximate surface area is 127 Å². The number of thioether (sulfide) groups is 1. The van der Waals surface area contributed by atoms with Gasteiger partial charge in [-0.2, -0.15) is 5.26 Å². The molecule has 0 saturated carbocycles. The SMILES string of the molecule is Cc1oc(NC(=O)CSc2cccc(N)c2)c(C#N)c1C. The van der Waals surface area contributed by atoms with Crippen molar-refractivity contribution in [2.45, 2.75) is 18.7 Å². The van der Waals surface area contributed by atoms with Crippen LogP contribution < -0.4 is 11.1 Å². The van der Waals surface area contributed by atoms with E-state index in [-0.39, 0.29) is 17.5 Å². The lowest BCUT2D eigenvalue weighted by molar-refractivity contribution is -0.113. The summed E-state index contributed by atoms with van der Waals surface area (Å²) in [4.78, 5) is 12.8. The van der Waals surface area contributed by atoms with Gasteiger partial charge in [0.25, 0.3) is 0 Å². The largest absolute Gasteiger partial charge is 0.444 e. The van der Waals surface area contributed by atoms with Gasteiger partial charge in [0.15, 0.2) is 0 Å². The molecule has 0 bridgehead atoms. The molecule has 0 radical (unpaired) electrons. The minimum absolute atomic E-state index is 0.214. The minimum atomic E-state index is -0.229. The second kappa shape index (κ2) is 6.37. The maximum Gasteiger partial charge on any atom is 0.237 e. The molecule has 108 valence electrons. The van der Waals surface area contributed by atoms with E-state index in [0.29, 0.717) is 17.0 Å². The van der Waals surface area contributed by atoms with Crippen molar-refractivity contribution in [1.82, 2.24) is 0 Å². The summed E-state index contributed by atoms with van der Waals surface area (Å²) in [5.74, 6) is 0.830. The second-order valence-electron chi connectivity index (χ2n) is 4.51. The van der Waals surface area contributed by atoms with E-state index in [1.165, 1.54) is 11.8 Å². The van der Waals surface area contributed by atoms with Gasteiger partial charge in [0.1, 0.15) is 17.4 Å². The number of nitrogens with one attached hydrogen (secondary N) is 1. The lowest BCUT2D eigenvalue weighted by Gasteiger charge is -2.03. The zero-order valence-corrected chi connectivity index (χ0v) is 12.6. The van der Waals surface area contributed by atoms with Gasteiger partial charge in [-0.3, -0.25) is 10.1 Å². The van der Waals surface area contributed by atoms with E-state index in [0.717, 1.165) is 10.5 Å². The van der Waals surface area contributed by atoms with Crippen LogP contribution in [0.5, 0.6) is 0 Å². The highest BCUT2D eigenvalue weighted by atomic mass is 32.2. The normalized spacial score (nSPS) is 10.1. The Morgan fingerprint density at radius 3 is 2.90 bits per heavy atom. The Morgan fingerprint density at radius 1 is 1.48 bits per heavy atom. The summed E-state index contributed by atoms with van der Waals surface area (Å²) in [7, 11) is 0. The van der Waals surface area contributed by atoms with Gasteiger partial charge in [0.2, 0.25) is 11.8 Å². The third-order valence-electron chi connectivity index (χ3n) is 2.98. The fourth-order valence-electron chi connectivity index (χ4n) is 1.77. The summed E-state index contributed by atoms with van der Waals surface area (Å²) >= 11 is 1.37. The van der Waals surface area contributed by atoms with Crippen LogP contribution >= 0.6 is 11.8 Å². The average molecular weight is 301 g/mol. The van der Waals surface area contributed by atoms with Crippen molar-refractivity contribution in [3.63, 3.8) is 0 Å². The van der Waals surface area contributed by atoms with E-state index < -0.39 is 0 Å². The molecule has 1 aromatic heterocycles. The van der Waals surface area contributed by atoms with Gasteiger partial charge in [-0.1, -0.05) is 6.07 Å². The summed E-state index contributed by atoms with van der Waals surface area (Å²) < 4.78 is 5.39. The van der Waals surface area contributed by atoms with Gasteiger partial charge in [-0.25, -0.2) is 0 Å². The highest BCUT2D eigenvalue weighted by Gasteiger charge is 2.16. The maximum atomic E-state index is 11.9. The van der Waals surface area contributed by atoms with Crippen LogP contribution in [-0.2, 0) is 4.79 Å². The molecule has 3 N–H and O–H groups in total. The molecule has 6 heteroatoms. The maximum absolute atomic E-state index is 11.9. The first kappa shape index (κ1) is 15.0. The first-order chi connectivity index (χ1) is 10.0. The number of nitrogens with two attached hydrogens (primary N) is 1. The van der Waals surface area contributed by atoms with E-state index in [9.17, 15) is 4.79 Å². The Kier molecular flexibility index (Phi) is 4.55. The van der Waals surface area contributed by atoms with Gasteiger partial charge in [0.05, 0.1) is 5.75 Å². The molecule has 0 fully saturated rings. The molecule has 0 aliphatic heterocycles.